The number of hydrogen-bond acceptors (Lipinski definition) is 4. The molecule has 2 heterocycles. The third kappa shape index (κ3) is 2.72. The molecule has 21 heavy (non-hydrogen) atoms. The zero-order valence-corrected chi connectivity index (χ0v) is 12.3. The van der Waals surface area contributed by atoms with Crippen LogP contribution in [0.2, 0.25) is 0 Å². The highest BCUT2D eigenvalue weighted by Crippen LogP contribution is 2.36. The fourth-order valence-corrected chi connectivity index (χ4v) is 3.74. The van der Waals surface area contributed by atoms with Gasteiger partial charge in [0, 0.05) is 25.6 Å². The van der Waals surface area contributed by atoms with Gasteiger partial charge in [0.05, 0.1) is 7.11 Å². The summed E-state index contributed by atoms with van der Waals surface area (Å²) in [5, 5.41) is 0. The van der Waals surface area contributed by atoms with Crippen molar-refractivity contribution in [3.05, 3.63) is 35.9 Å². The van der Waals surface area contributed by atoms with Gasteiger partial charge in [-0.3, -0.25) is 14.5 Å². The summed E-state index contributed by atoms with van der Waals surface area (Å²) >= 11 is 0. The number of piperidine rings is 2. The molecule has 4 nitrogen and oxygen atoms in total. The fraction of sp³-hybridized carbons (Fsp3) is 0.529. The van der Waals surface area contributed by atoms with Crippen molar-refractivity contribution >= 4 is 11.8 Å². The van der Waals surface area contributed by atoms with Crippen molar-refractivity contribution in [2.45, 2.75) is 31.2 Å². The molecule has 3 rings (SSSR count). The lowest BCUT2D eigenvalue weighted by molar-refractivity contribution is -0.156. The molecule has 0 saturated carbocycles. The molecule has 4 heteroatoms. The number of carbonyl (C=O) groups excluding carboxylic acids is 2. The van der Waals surface area contributed by atoms with E-state index in [1.165, 1.54) is 12.7 Å². The molecule has 0 aliphatic carbocycles. The second kappa shape index (κ2) is 5.98. The molecule has 2 aliphatic heterocycles. The summed E-state index contributed by atoms with van der Waals surface area (Å²) in [6.07, 6.45) is 2.36. The Hall–Kier alpha value is -1.68. The van der Waals surface area contributed by atoms with E-state index in [2.05, 4.69) is 29.2 Å². The van der Waals surface area contributed by atoms with Gasteiger partial charge in [0.25, 0.3) is 0 Å². The van der Waals surface area contributed by atoms with Crippen molar-refractivity contribution in [1.82, 2.24) is 4.90 Å². The van der Waals surface area contributed by atoms with E-state index in [1.807, 2.05) is 6.07 Å². The molecule has 0 amide bonds. The molecule has 0 bridgehead atoms. The van der Waals surface area contributed by atoms with E-state index in [4.69, 9.17) is 4.74 Å². The Labute approximate surface area is 125 Å². The molecule has 3 atom stereocenters. The van der Waals surface area contributed by atoms with Crippen LogP contribution in [0.25, 0.3) is 0 Å². The molecule has 2 saturated heterocycles. The first-order valence-electron chi connectivity index (χ1n) is 7.60. The lowest BCUT2D eigenvalue weighted by atomic mass is 9.78. The highest BCUT2D eigenvalue weighted by atomic mass is 16.5. The molecule has 1 aromatic rings. The van der Waals surface area contributed by atoms with Gasteiger partial charge in [0.2, 0.25) is 0 Å². The number of nitrogens with zero attached hydrogens (tertiary/aromatic N) is 1. The van der Waals surface area contributed by atoms with Crippen molar-refractivity contribution in [3.63, 3.8) is 0 Å². The first-order chi connectivity index (χ1) is 10.2. The van der Waals surface area contributed by atoms with E-state index in [-0.39, 0.29) is 17.8 Å². The predicted molar refractivity (Wildman–Crippen MR) is 78.9 cm³/mol. The minimum atomic E-state index is -0.583. The first-order valence-corrected chi connectivity index (χ1v) is 7.60. The van der Waals surface area contributed by atoms with Crippen molar-refractivity contribution < 1.29 is 14.3 Å². The Morgan fingerprint density at radius 3 is 2.71 bits per heavy atom. The third-order valence-electron chi connectivity index (χ3n) is 4.84. The minimum Gasteiger partial charge on any atom is -0.468 e. The van der Waals surface area contributed by atoms with E-state index in [1.54, 1.807) is 0 Å². The second-order valence-corrected chi connectivity index (χ2v) is 5.96. The van der Waals surface area contributed by atoms with E-state index < -0.39 is 5.92 Å². The van der Waals surface area contributed by atoms with E-state index >= 15 is 0 Å². The Morgan fingerprint density at radius 2 is 2.00 bits per heavy atom. The maximum absolute atomic E-state index is 12.1. The molecule has 112 valence electrons. The monoisotopic (exact) mass is 287 g/mol. The van der Waals surface area contributed by atoms with Crippen molar-refractivity contribution in [1.29, 1.82) is 0 Å². The van der Waals surface area contributed by atoms with Gasteiger partial charge < -0.3 is 4.74 Å². The van der Waals surface area contributed by atoms with Gasteiger partial charge in [-0.25, -0.2) is 0 Å². The Kier molecular flexibility index (Phi) is 4.06. The van der Waals surface area contributed by atoms with Gasteiger partial charge in [-0.2, -0.15) is 0 Å². The summed E-state index contributed by atoms with van der Waals surface area (Å²) in [6.45, 7) is 1.69. The molecular weight excluding hydrogens is 266 g/mol. The average Bonchev–Trinajstić information content (AvgIpc) is 2.54. The number of rotatable bonds is 2. The second-order valence-electron chi connectivity index (χ2n) is 5.96. The molecule has 2 fully saturated rings. The van der Waals surface area contributed by atoms with E-state index in [0.717, 1.165) is 25.9 Å². The maximum Gasteiger partial charge on any atom is 0.317 e. The van der Waals surface area contributed by atoms with Crippen LogP contribution in [0.4, 0.5) is 0 Å². The molecule has 2 aliphatic rings. The van der Waals surface area contributed by atoms with Crippen LogP contribution in [0.5, 0.6) is 0 Å². The third-order valence-corrected chi connectivity index (χ3v) is 4.84. The molecular formula is C17H21NO3. The van der Waals surface area contributed by atoms with Gasteiger partial charge in [-0.15, -0.1) is 0 Å². The standard InChI is InChI=1S/C17H21NO3/c1-21-17(20)16-14-8-7-13(12-5-3-2-4-6-12)11-18(14)10-9-15(16)19/h2-6,13-14,16H,7-11H2,1H3. The zero-order valence-electron chi connectivity index (χ0n) is 12.3. The summed E-state index contributed by atoms with van der Waals surface area (Å²) in [5.41, 5.74) is 1.35. The van der Waals surface area contributed by atoms with Crippen molar-refractivity contribution in [2.24, 2.45) is 5.92 Å². The SMILES string of the molecule is COC(=O)C1C(=O)CCN2CC(c3ccccc3)CCC12. The molecule has 0 spiro atoms. The summed E-state index contributed by atoms with van der Waals surface area (Å²) < 4.78 is 4.83. The summed E-state index contributed by atoms with van der Waals surface area (Å²) in [4.78, 5) is 26.3. The smallest absolute Gasteiger partial charge is 0.317 e. The molecule has 0 N–H and O–H groups in total. The van der Waals surface area contributed by atoms with Crippen LogP contribution in [0.3, 0.4) is 0 Å². The van der Waals surface area contributed by atoms with Crippen molar-refractivity contribution in [2.75, 3.05) is 20.2 Å². The Morgan fingerprint density at radius 1 is 1.24 bits per heavy atom. The zero-order chi connectivity index (χ0) is 14.8. The number of fused-ring (bicyclic) bond motifs is 1. The minimum absolute atomic E-state index is 0.0265. The summed E-state index contributed by atoms with van der Waals surface area (Å²) in [6, 6.07) is 10.5. The number of carbonyl (C=O) groups is 2. The summed E-state index contributed by atoms with van der Waals surface area (Å²) in [7, 11) is 1.37. The van der Waals surface area contributed by atoms with Gasteiger partial charge in [0.15, 0.2) is 0 Å². The van der Waals surface area contributed by atoms with Gasteiger partial charge in [-0.1, -0.05) is 30.3 Å². The average molecular weight is 287 g/mol. The van der Waals surface area contributed by atoms with Crippen LogP contribution in [0, 0.1) is 5.92 Å². The number of hydrogen-bond donors (Lipinski definition) is 0. The van der Waals surface area contributed by atoms with Crippen LogP contribution in [-0.4, -0.2) is 42.9 Å². The van der Waals surface area contributed by atoms with E-state index in [9.17, 15) is 9.59 Å². The van der Waals surface area contributed by atoms with Crippen LogP contribution in [-0.2, 0) is 14.3 Å². The largest absolute Gasteiger partial charge is 0.468 e. The molecule has 3 unspecified atom stereocenters. The first kappa shape index (κ1) is 14.3. The summed E-state index contributed by atoms with van der Waals surface area (Å²) in [5.74, 6) is -0.413. The number of methoxy groups -OCH3 is 1. The van der Waals surface area contributed by atoms with Gasteiger partial charge in [-0.05, 0) is 24.3 Å². The van der Waals surface area contributed by atoms with Crippen LogP contribution < -0.4 is 0 Å². The lowest BCUT2D eigenvalue weighted by Gasteiger charge is -2.45. The van der Waals surface area contributed by atoms with E-state index in [0.29, 0.717) is 12.3 Å². The quantitative estimate of drug-likeness (QED) is 0.616. The highest BCUT2D eigenvalue weighted by Gasteiger charge is 2.44. The number of esters is 1. The molecule has 0 radical (unpaired) electrons. The number of Topliss-reactive ketones (excluding diaryl/α,β-unsaturated/α-hetero) is 1. The maximum atomic E-state index is 12.1. The lowest BCUT2D eigenvalue weighted by Crippen LogP contribution is -2.55. The highest BCUT2D eigenvalue weighted by molar-refractivity contribution is 6.00. The fourth-order valence-electron chi connectivity index (χ4n) is 3.74. The van der Waals surface area contributed by atoms with Gasteiger partial charge in [0.1, 0.15) is 11.7 Å². The topological polar surface area (TPSA) is 46.6 Å². The molecule has 0 aromatic heterocycles. The number of ether oxygens (including phenoxy) is 1. The number of benzene rings is 1. The van der Waals surface area contributed by atoms with Crippen LogP contribution in [0.1, 0.15) is 30.7 Å². The predicted octanol–water partition coefficient (Wildman–Crippen LogP) is 2.00. The Balaban J connectivity index is 1.76. The molecule has 1 aromatic carbocycles. The number of ketones is 1. The normalized spacial score (nSPS) is 29.8. The van der Waals surface area contributed by atoms with Crippen molar-refractivity contribution in [3.8, 4) is 0 Å². The van der Waals surface area contributed by atoms with Crippen LogP contribution in [0.15, 0.2) is 30.3 Å². The van der Waals surface area contributed by atoms with Gasteiger partial charge >= 0.3 is 5.97 Å². The van der Waals surface area contributed by atoms with Crippen LogP contribution >= 0.6 is 0 Å². The Bertz CT molecular complexity index is 520.